The summed E-state index contributed by atoms with van der Waals surface area (Å²) in [7, 11) is 0. The van der Waals surface area contributed by atoms with E-state index in [9.17, 15) is 4.79 Å². The molecule has 3 aromatic rings. The molecule has 2 aromatic carbocycles. The van der Waals surface area contributed by atoms with Crippen LogP contribution in [0.2, 0.25) is 0 Å². The molecule has 4 heteroatoms. The van der Waals surface area contributed by atoms with Crippen LogP contribution in [0.3, 0.4) is 0 Å². The Morgan fingerprint density at radius 1 is 1.08 bits per heavy atom. The Morgan fingerprint density at radius 2 is 1.81 bits per heavy atom. The minimum atomic E-state index is -0.0302. The molecule has 0 fully saturated rings. The van der Waals surface area contributed by atoms with Crippen LogP contribution in [0.15, 0.2) is 48.5 Å². The van der Waals surface area contributed by atoms with Gasteiger partial charge in [-0.05, 0) is 30.5 Å². The molecule has 1 heterocycles. The molecule has 132 valence electrons. The molecule has 1 aromatic heterocycles. The number of fused-ring (bicyclic) bond motifs is 3. The van der Waals surface area contributed by atoms with Crippen molar-refractivity contribution in [3.05, 3.63) is 65.2 Å². The molecule has 26 heavy (non-hydrogen) atoms. The number of hydrogen-bond donors (Lipinski definition) is 2. The molecule has 0 spiro atoms. The first-order valence-electron chi connectivity index (χ1n) is 9.11. The van der Waals surface area contributed by atoms with Gasteiger partial charge in [0.25, 0.3) is 5.91 Å². The van der Waals surface area contributed by atoms with E-state index >= 15 is 0 Å². The van der Waals surface area contributed by atoms with E-state index in [1.54, 1.807) is 0 Å². The minimum absolute atomic E-state index is 0.0302. The summed E-state index contributed by atoms with van der Waals surface area (Å²) < 4.78 is 0. The number of nitrogens with one attached hydrogen (secondary N) is 2. The fraction of sp³-hybridized carbons (Fsp3) is 0.273. The zero-order valence-corrected chi connectivity index (χ0v) is 15.3. The van der Waals surface area contributed by atoms with Crippen LogP contribution >= 0.6 is 0 Å². The van der Waals surface area contributed by atoms with Crippen LogP contribution in [0, 0.1) is 5.92 Å². The highest BCUT2D eigenvalue weighted by molar-refractivity contribution is 5.95. The molecule has 0 saturated carbocycles. The fourth-order valence-corrected chi connectivity index (χ4v) is 3.34. The van der Waals surface area contributed by atoms with Crippen molar-refractivity contribution in [1.29, 1.82) is 0 Å². The van der Waals surface area contributed by atoms with Gasteiger partial charge >= 0.3 is 0 Å². The Morgan fingerprint density at radius 3 is 2.54 bits per heavy atom. The highest BCUT2D eigenvalue weighted by Crippen LogP contribution is 2.39. The second-order valence-corrected chi connectivity index (χ2v) is 7.34. The molecular formula is C22H23N3O. The van der Waals surface area contributed by atoms with E-state index in [0.717, 1.165) is 23.4 Å². The molecule has 1 atom stereocenters. The van der Waals surface area contributed by atoms with Gasteiger partial charge in [-0.2, -0.15) is 5.10 Å². The number of carbonyl (C=O) groups is 1. The lowest BCUT2D eigenvalue weighted by molar-refractivity contribution is 0.0930. The Hall–Kier alpha value is -2.88. The van der Waals surface area contributed by atoms with Crippen molar-refractivity contribution in [3.63, 3.8) is 0 Å². The highest BCUT2D eigenvalue weighted by atomic mass is 16.1. The van der Waals surface area contributed by atoms with Crippen LogP contribution in [0.4, 0.5) is 0 Å². The number of benzene rings is 2. The first kappa shape index (κ1) is 16.6. The van der Waals surface area contributed by atoms with Crippen molar-refractivity contribution in [2.45, 2.75) is 33.2 Å². The number of nitrogens with zero attached hydrogens (tertiary/aromatic N) is 1. The van der Waals surface area contributed by atoms with Crippen molar-refractivity contribution >= 4 is 5.91 Å². The Labute approximate surface area is 153 Å². The smallest absolute Gasteiger partial charge is 0.251 e. The maximum atomic E-state index is 12.4. The van der Waals surface area contributed by atoms with Crippen LogP contribution in [0.25, 0.3) is 22.5 Å². The zero-order valence-electron chi connectivity index (χ0n) is 15.3. The summed E-state index contributed by atoms with van der Waals surface area (Å²) in [5.41, 5.74) is 7.59. The van der Waals surface area contributed by atoms with E-state index in [-0.39, 0.29) is 11.9 Å². The van der Waals surface area contributed by atoms with E-state index in [1.165, 1.54) is 16.7 Å². The molecule has 1 aliphatic rings. The van der Waals surface area contributed by atoms with E-state index in [4.69, 9.17) is 0 Å². The van der Waals surface area contributed by atoms with Gasteiger partial charge in [0, 0.05) is 34.7 Å². The van der Waals surface area contributed by atoms with Gasteiger partial charge in [-0.3, -0.25) is 9.89 Å². The number of carbonyl (C=O) groups excluding carboxylic acids is 1. The third-order valence-electron chi connectivity index (χ3n) is 5.30. The van der Waals surface area contributed by atoms with Gasteiger partial charge in [0.1, 0.15) is 0 Å². The van der Waals surface area contributed by atoms with Gasteiger partial charge in [-0.15, -0.1) is 0 Å². The lowest BCUT2D eigenvalue weighted by atomic mass is 10.0. The lowest BCUT2D eigenvalue weighted by Gasteiger charge is -2.17. The number of aromatic nitrogens is 2. The Kier molecular flexibility index (Phi) is 4.11. The quantitative estimate of drug-likeness (QED) is 0.575. The number of rotatable bonds is 4. The monoisotopic (exact) mass is 345 g/mol. The average molecular weight is 345 g/mol. The van der Waals surface area contributed by atoms with E-state index in [1.807, 2.05) is 31.2 Å². The molecule has 1 amide bonds. The van der Waals surface area contributed by atoms with Crippen LogP contribution in [0.5, 0.6) is 0 Å². The zero-order chi connectivity index (χ0) is 18.3. The molecule has 0 bridgehead atoms. The third kappa shape index (κ3) is 2.81. The van der Waals surface area contributed by atoms with Crippen molar-refractivity contribution in [3.8, 4) is 22.5 Å². The van der Waals surface area contributed by atoms with Gasteiger partial charge in [-0.25, -0.2) is 0 Å². The van der Waals surface area contributed by atoms with Crippen LogP contribution < -0.4 is 5.32 Å². The number of H-pyrrole nitrogens is 1. The van der Waals surface area contributed by atoms with Crippen LogP contribution in [0.1, 0.15) is 42.3 Å². The molecule has 0 saturated heterocycles. The minimum Gasteiger partial charge on any atom is -0.349 e. The summed E-state index contributed by atoms with van der Waals surface area (Å²) in [5.74, 6) is 0.379. The number of hydrogen-bond acceptors (Lipinski definition) is 2. The van der Waals surface area contributed by atoms with Crippen molar-refractivity contribution < 1.29 is 4.79 Å². The topological polar surface area (TPSA) is 57.8 Å². The van der Waals surface area contributed by atoms with Crippen molar-refractivity contribution in [1.82, 2.24) is 15.5 Å². The summed E-state index contributed by atoms with van der Waals surface area (Å²) in [6.07, 6.45) is 0.894. The second-order valence-electron chi connectivity index (χ2n) is 7.34. The molecule has 0 radical (unpaired) electrons. The van der Waals surface area contributed by atoms with Gasteiger partial charge < -0.3 is 5.32 Å². The van der Waals surface area contributed by atoms with E-state index < -0.39 is 0 Å². The highest BCUT2D eigenvalue weighted by Gasteiger charge is 2.24. The SMILES string of the molecule is CC(C)C(C)NC(=O)c1ccc(-c2n[nH]c3c2Cc2ccccc2-3)cc1. The molecule has 4 rings (SSSR count). The molecule has 1 unspecified atom stereocenters. The maximum absolute atomic E-state index is 12.4. The standard InChI is InChI=1S/C22H23N3O/c1-13(2)14(3)23-22(26)16-10-8-15(9-11-16)20-19-12-17-6-4-5-7-18(17)21(19)25-24-20/h4-11,13-14H,12H2,1-3H3,(H,23,26)(H,24,25). The normalized spacial score (nSPS) is 13.4. The van der Waals surface area contributed by atoms with E-state index in [0.29, 0.717) is 11.5 Å². The molecule has 1 aliphatic carbocycles. The van der Waals surface area contributed by atoms with Crippen molar-refractivity contribution in [2.24, 2.45) is 5.92 Å². The molecule has 0 aliphatic heterocycles. The van der Waals surface area contributed by atoms with Gasteiger partial charge in [0.15, 0.2) is 0 Å². The summed E-state index contributed by atoms with van der Waals surface area (Å²) in [6.45, 7) is 6.23. The second kappa shape index (κ2) is 6.45. The predicted octanol–water partition coefficient (Wildman–Crippen LogP) is 4.42. The first-order chi connectivity index (χ1) is 12.5. The fourth-order valence-electron chi connectivity index (χ4n) is 3.34. The predicted molar refractivity (Wildman–Crippen MR) is 104 cm³/mol. The van der Waals surface area contributed by atoms with Crippen molar-refractivity contribution in [2.75, 3.05) is 0 Å². The lowest BCUT2D eigenvalue weighted by Crippen LogP contribution is -2.36. The Bertz CT molecular complexity index is 954. The summed E-state index contributed by atoms with van der Waals surface area (Å²) in [4.78, 5) is 12.4. The Balaban J connectivity index is 1.58. The van der Waals surface area contributed by atoms with Crippen LogP contribution in [-0.4, -0.2) is 22.1 Å². The van der Waals surface area contributed by atoms with Gasteiger partial charge in [0.05, 0.1) is 11.4 Å². The maximum Gasteiger partial charge on any atom is 0.251 e. The number of amides is 1. The molecule has 2 N–H and O–H groups in total. The number of aromatic amines is 1. The molecular weight excluding hydrogens is 322 g/mol. The summed E-state index contributed by atoms with van der Waals surface area (Å²) in [5, 5.41) is 10.8. The molecule has 4 nitrogen and oxygen atoms in total. The van der Waals surface area contributed by atoms with Crippen LogP contribution in [-0.2, 0) is 6.42 Å². The summed E-state index contributed by atoms with van der Waals surface area (Å²) in [6, 6.07) is 16.3. The first-order valence-corrected chi connectivity index (χ1v) is 9.11. The van der Waals surface area contributed by atoms with E-state index in [2.05, 4.69) is 53.6 Å². The average Bonchev–Trinajstić information content (AvgIpc) is 3.20. The van der Waals surface area contributed by atoms with Gasteiger partial charge in [-0.1, -0.05) is 50.2 Å². The third-order valence-corrected chi connectivity index (χ3v) is 5.30. The van der Waals surface area contributed by atoms with Gasteiger partial charge in [0.2, 0.25) is 0 Å². The largest absolute Gasteiger partial charge is 0.349 e. The summed E-state index contributed by atoms with van der Waals surface area (Å²) >= 11 is 0.